The highest BCUT2D eigenvalue weighted by Gasteiger charge is 2.19. The van der Waals surface area contributed by atoms with Gasteiger partial charge in [-0.3, -0.25) is 0 Å². The number of nitrogens with one attached hydrogen (secondary N) is 1. The van der Waals surface area contributed by atoms with Gasteiger partial charge in [0.05, 0.1) is 0 Å². The molecule has 1 aromatic heterocycles. The number of aromatic carboxylic acids is 1. The molecular weight excluding hydrogens is 186 g/mol. The van der Waals surface area contributed by atoms with Crippen LogP contribution in [0.3, 0.4) is 0 Å². The normalized spacial score (nSPS) is 21.3. The highest BCUT2D eigenvalue weighted by atomic mass is 16.4. The second-order valence-electron chi connectivity index (χ2n) is 3.30. The lowest BCUT2D eigenvalue weighted by Gasteiger charge is -2.04. The van der Waals surface area contributed by atoms with Crippen LogP contribution in [0, 0.1) is 0 Å². The molecule has 76 valence electrons. The Labute approximate surface area is 80.3 Å². The Bertz CT molecular complexity index is 330. The molecule has 0 saturated carbocycles. The van der Waals surface area contributed by atoms with Crippen molar-refractivity contribution in [2.75, 3.05) is 6.54 Å². The van der Waals surface area contributed by atoms with Crippen LogP contribution in [0.1, 0.15) is 29.4 Å². The zero-order valence-corrected chi connectivity index (χ0v) is 7.56. The van der Waals surface area contributed by atoms with E-state index in [1.807, 2.05) is 0 Å². The van der Waals surface area contributed by atoms with E-state index in [9.17, 15) is 4.79 Å². The zero-order valence-electron chi connectivity index (χ0n) is 7.56. The standard InChI is InChI=1S/C8H11N3O3/c12-8(13)7-11-10-6(14-7)4-5-2-1-3-9-5/h5,9H,1-4H2,(H,12,13). The van der Waals surface area contributed by atoms with Crippen LogP contribution >= 0.6 is 0 Å². The van der Waals surface area contributed by atoms with Crippen LogP contribution < -0.4 is 5.32 Å². The molecule has 1 aliphatic rings. The Hall–Kier alpha value is -1.43. The maximum absolute atomic E-state index is 10.4. The third-order valence-electron chi connectivity index (χ3n) is 2.23. The summed E-state index contributed by atoms with van der Waals surface area (Å²) in [6, 6.07) is 0.345. The van der Waals surface area contributed by atoms with Gasteiger partial charge in [0.15, 0.2) is 0 Å². The molecule has 0 radical (unpaired) electrons. The van der Waals surface area contributed by atoms with E-state index in [-0.39, 0.29) is 5.89 Å². The summed E-state index contributed by atoms with van der Waals surface area (Å²) >= 11 is 0. The van der Waals surface area contributed by atoms with Gasteiger partial charge in [-0.15, -0.1) is 10.2 Å². The van der Waals surface area contributed by atoms with Crippen molar-refractivity contribution in [3.8, 4) is 0 Å². The van der Waals surface area contributed by atoms with Crippen molar-refractivity contribution in [2.24, 2.45) is 0 Å². The van der Waals surface area contributed by atoms with Crippen molar-refractivity contribution in [3.05, 3.63) is 11.8 Å². The van der Waals surface area contributed by atoms with Crippen molar-refractivity contribution in [1.29, 1.82) is 0 Å². The van der Waals surface area contributed by atoms with Crippen molar-refractivity contribution < 1.29 is 14.3 Å². The predicted molar refractivity (Wildman–Crippen MR) is 46.0 cm³/mol. The maximum Gasteiger partial charge on any atom is 0.393 e. The highest BCUT2D eigenvalue weighted by Crippen LogP contribution is 2.11. The molecule has 0 spiro atoms. The van der Waals surface area contributed by atoms with Gasteiger partial charge >= 0.3 is 11.9 Å². The van der Waals surface area contributed by atoms with E-state index in [0.29, 0.717) is 18.4 Å². The lowest BCUT2D eigenvalue weighted by molar-refractivity contribution is 0.0651. The van der Waals surface area contributed by atoms with Gasteiger partial charge in [-0.05, 0) is 19.4 Å². The lowest BCUT2D eigenvalue weighted by atomic mass is 10.2. The van der Waals surface area contributed by atoms with Crippen LogP contribution in [0.15, 0.2) is 4.42 Å². The van der Waals surface area contributed by atoms with Gasteiger partial charge in [0.2, 0.25) is 5.89 Å². The minimum atomic E-state index is -1.18. The van der Waals surface area contributed by atoms with E-state index in [0.717, 1.165) is 19.4 Å². The molecule has 2 rings (SSSR count). The lowest BCUT2D eigenvalue weighted by Crippen LogP contribution is -2.23. The van der Waals surface area contributed by atoms with Crippen LogP contribution in [0.5, 0.6) is 0 Å². The Balaban J connectivity index is 1.98. The summed E-state index contributed by atoms with van der Waals surface area (Å²) in [5.74, 6) is -1.12. The maximum atomic E-state index is 10.4. The molecule has 0 amide bonds. The second-order valence-corrected chi connectivity index (χ2v) is 3.30. The molecule has 14 heavy (non-hydrogen) atoms. The van der Waals surface area contributed by atoms with Crippen LogP contribution in [0.2, 0.25) is 0 Å². The Kier molecular flexibility index (Phi) is 2.45. The van der Waals surface area contributed by atoms with Crippen LogP contribution in [0.25, 0.3) is 0 Å². The molecule has 0 bridgehead atoms. The highest BCUT2D eigenvalue weighted by molar-refractivity contribution is 5.81. The molecule has 0 aromatic carbocycles. The van der Waals surface area contributed by atoms with Gasteiger partial charge in [0, 0.05) is 12.5 Å². The van der Waals surface area contributed by atoms with Gasteiger partial charge in [-0.25, -0.2) is 4.79 Å². The van der Waals surface area contributed by atoms with E-state index in [1.165, 1.54) is 0 Å². The average molecular weight is 197 g/mol. The van der Waals surface area contributed by atoms with Gasteiger partial charge in [-0.1, -0.05) is 0 Å². The van der Waals surface area contributed by atoms with E-state index in [4.69, 9.17) is 9.52 Å². The first-order valence-corrected chi connectivity index (χ1v) is 4.55. The first-order chi connectivity index (χ1) is 6.75. The number of aromatic nitrogens is 2. The van der Waals surface area contributed by atoms with Gasteiger partial charge in [0.25, 0.3) is 0 Å². The van der Waals surface area contributed by atoms with E-state index >= 15 is 0 Å². The molecule has 1 atom stereocenters. The Morgan fingerprint density at radius 3 is 3.07 bits per heavy atom. The smallest absolute Gasteiger partial charge is 0.393 e. The fourth-order valence-electron chi connectivity index (χ4n) is 1.56. The molecule has 1 saturated heterocycles. The second kappa shape index (κ2) is 3.75. The molecule has 1 fully saturated rings. The van der Waals surface area contributed by atoms with Crippen LogP contribution in [0.4, 0.5) is 0 Å². The summed E-state index contributed by atoms with van der Waals surface area (Å²) in [7, 11) is 0. The first-order valence-electron chi connectivity index (χ1n) is 4.55. The minimum Gasteiger partial charge on any atom is -0.474 e. The molecular formula is C8H11N3O3. The average Bonchev–Trinajstić information content (AvgIpc) is 2.75. The van der Waals surface area contributed by atoms with Crippen molar-refractivity contribution >= 4 is 5.97 Å². The summed E-state index contributed by atoms with van der Waals surface area (Å²) in [4.78, 5) is 10.4. The summed E-state index contributed by atoms with van der Waals surface area (Å²) in [5, 5.41) is 18.9. The summed E-state index contributed by atoms with van der Waals surface area (Å²) in [6.07, 6.45) is 2.83. The fourth-order valence-corrected chi connectivity index (χ4v) is 1.56. The molecule has 1 aliphatic heterocycles. The number of carboxylic acids is 1. The zero-order chi connectivity index (χ0) is 9.97. The van der Waals surface area contributed by atoms with Crippen molar-refractivity contribution in [2.45, 2.75) is 25.3 Å². The third-order valence-corrected chi connectivity index (χ3v) is 2.23. The van der Waals surface area contributed by atoms with Crippen molar-refractivity contribution in [3.63, 3.8) is 0 Å². The third kappa shape index (κ3) is 1.90. The van der Waals surface area contributed by atoms with Gasteiger partial charge < -0.3 is 14.8 Å². The Morgan fingerprint density at radius 1 is 1.64 bits per heavy atom. The van der Waals surface area contributed by atoms with Crippen LogP contribution in [-0.2, 0) is 6.42 Å². The van der Waals surface area contributed by atoms with Gasteiger partial charge in [-0.2, -0.15) is 0 Å². The van der Waals surface area contributed by atoms with E-state index in [1.54, 1.807) is 0 Å². The molecule has 2 heterocycles. The molecule has 0 aliphatic carbocycles. The quantitative estimate of drug-likeness (QED) is 0.712. The van der Waals surface area contributed by atoms with E-state index in [2.05, 4.69) is 15.5 Å². The monoisotopic (exact) mass is 197 g/mol. The number of hydrogen-bond acceptors (Lipinski definition) is 5. The number of carbonyl (C=O) groups is 1. The number of rotatable bonds is 3. The Morgan fingerprint density at radius 2 is 2.50 bits per heavy atom. The molecule has 1 unspecified atom stereocenters. The summed E-state index contributed by atoms with van der Waals surface area (Å²) in [5.41, 5.74) is 0. The topological polar surface area (TPSA) is 88.2 Å². The SMILES string of the molecule is O=C(O)c1nnc(CC2CCCN2)o1. The van der Waals surface area contributed by atoms with Gasteiger partial charge in [0.1, 0.15) is 0 Å². The van der Waals surface area contributed by atoms with E-state index < -0.39 is 5.97 Å². The summed E-state index contributed by atoms with van der Waals surface area (Å²) in [6.45, 7) is 1.00. The minimum absolute atomic E-state index is 0.335. The number of hydrogen-bond donors (Lipinski definition) is 2. The molecule has 6 heteroatoms. The molecule has 6 nitrogen and oxygen atoms in total. The largest absolute Gasteiger partial charge is 0.474 e. The first kappa shape index (κ1) is 9.14. The number of carboxylic acid groups (broad SMARTS) is 1. The molecule has 2 N–H and O–H groups in total. The van der Waals surface area contributed by atoms with Crippen molar-refractivity contribution in [1.82, 2.24) is 15.5 Å². The predicted octanol–water partition coefficient (Wildman–Crippen LogP) is 0.0623. The van der Waals surface area contributed by atoms with Crippen LogP contribution in [-0.4, -0.2) is 33.9 Å². The number of nitrogens with zero attached hydrogens (tertiary/aromatic N) is 2. The molecule has 1 aromatic rings. The fraction of sp³-hybridized carbons (Fsp3) is 0.625. The summed E-state index contributed by atoms with van der Waals surface area (Å²) < 4.78 is 4.95.